The highest BCUT2D eigenvalue weighted by molar-refractivity contribution is 5.92. The van der Waals surface area contributed by atoms with Crippen molar-refractivity contribution < 1.29 is 4.79 Å². The Morgan fingerprint density at radius 2 is 1.80 bits per heavy atom. The number of para-hydroxylation sites is 2. The van der Waals surface area contributed by atoms with E-state index in [1.165, 1.54) is 0 Å². The van der Waals surface area contributed by atoms with E-state index in [0.717, 1.165) is 22.5 Å². The number of benzene rings is 2. The van der Waals surface area contributed by atoms with E-state index in [9.17, 15) is 4.79 Å². The third kappa shape index (κ3) is 3.83. The van der Waals surface area contributed by atoms with E-state index in [1.807, 2.05) is 55.5 Å². The summed E-state index contributed by atoms with van der Waals surface area (Å²) in [6, 6.07) is 15.3. The molecule has 104 valence electrons. The molecule has 0 heterocycles. The van der Waals surface area contributed by atoms with Gasteiger partial charge in [0.25, 0.3) is 0 Å². The van der Waals surface area contributed by atoms with E-state index >= 15 is 0 Å². The first-order valence-corrected chi connectivity index (χ1v) is 6.56. The summed E-state index contributed by atoms with van der Waals surface area (Å²) in [6.07, 6.45) is 0. The fourth-order valence-electron chi connectivity index (χ4n) is 1.91. The Morgan fingerprint density at radius 1 is 1.10 bits per heavy atom. The number of hydrogen-bond donors (Lipinski definition) is 3. The average molecular weight is 269 g/mol. The van der Waals surface area contributed by atoms with Crippen molar-refractivity contribution in [2.75, 3.05) is 17.6 Å². The molecule has 4 N–H and O–H groups in total. The van der Waals surface area contributed by atoms with Gasteiger partial charge in [-0.3, -0.25) is 4.79 Å². The second-order valence-electron chi connectivity index (χ2n) is 4.67. The van der Waals surface area contributed by atoms with Crippen molar-refractivity contribution in [1.82, 2.24) is 5.32 Å². The zero-order chi connectivity index (χ0) is 14.4. The van der Waals surface area contributed by atoms with Gasteiger partial charge in [-0.25, -0.2) is 0 Å². The van der Waals surface area contributed by atoms with Crippen LogP contribution in [0.3, 0.4) is 0 Å². The van der Waals surface area contributed by atoms with Gasteiger partial charge in [0.1, 0.15) is 0 Å². The number of aryl methyl sites for hydroxylation is 1. The molecule has 0 atom stereocenters. The Balaban J connectivity index is 1.82. The summed E-state index contributed by atoms with van der Waals surface area (Å²) < 4.78 is 0. The van der Waals surface area contributed by atoms with Crippen LogP contribution in [0, 0.1) is 6.92 Å². The van der Waals surface area contributed by atoms with Crippen molar-refractivity contribution in [2.45, 2.75) is 13.5 Å². The number of carbonyl (C=O) groups excluding carboxylic acids is 1. The Morgan fingerprint density at radius 3 is 2.55 bits per heavy atom. The molecule has 0 aliphatic rings. The van der Waals surface area contributed by atoms with Crippen molar-refractivity contribution in [1.29, 1.82) is 0 Å². The average Bonchev–Trinajstić information content (AvgIpc) is 2.43. The monoisotopic (exact) mass is 269 g/mol. The van der Waals surface area contributed by atoms with Crippen molar-refractivity contribution in [3.8, 4) is 0 Å². The molecule has 0 bridgehead atoms. The third-order valence-electron chi connectivity index (χ3n) is 3.08. The molecular weight excluding hydrogens is 250 g/mol. The van der Waals surface area contributed by atoms with Gasteiger partial charge >= 0.3 is 0 Å². The van der Waals surface area contributed by atoms with Crippen LogP contribution < -0.4 is 16.4 Å². The lowest BCUT2D eigenvalue weighted by Gasteiger charge is -2.10. The summed E-state index contributed by atoms with van der Waals surface area (Å²) in [5.74, 6) is -0.0613. The van der Waals surface area contributed by atoms with Crippen LogP contribution in [0.25, 0.3) is 0 Å². The number of amides is 1. The molecule has 2 aromatic carbocycles. The van der Waals surface area contributed by atoms with Gasteiger partial charge in [-0.05, 0) is 30.2 Å². The van der Waals surface area contributed by atoms with Crippen LogP contribution in [-0.4, -0.2) is 12.5 Å². The first kappa shape index (κ1) is 14.1. The van der Waals surface area contributed by atoms with Gasteiger partial charge in [0.2, 0.25) is 5.91 Å². The number of hydrogen-bond acceptors (Lipinski definition) is 3. The van der Waals surface area contributed by atoms with E-state index in [0.29, 0.717) is 6.54 Å². The van der Waals surface area contributed by atoms with Gasteiger partial charge in [0, 0.05) is 17.9 Å². The minimum Gasteiger partial charge on any atom is -0.398 e. The third-order valence-corrected chi connectivity index (χ3v) is 3.08. The molecule has 1 amide bonds. The molecule has 0 aliphatic carbocycles. The maximum atomic E-state index is 11.8. The van der Waals surface area contributed by atoms with Gasteiger partial charge in [0.05, 0.1) is 6.54 Å². The highest BCUT2D eigenvalue weighted by Gasteiger charge is 2.04. The summed E-state index contributed by atoms with van der Waals surface area (Å²) in [6.45, 7) is 2.80. The minimum absolute atomic E-state index is 0.0613. The summed E-state index contributed by atoms with van der Waals surface area (Å²) in [4.78, 5) is 11.8. The number of nitrogen functional groups attached to an aromatic ring is 1. The molecule has 20 heavy (non-hydrogen) atoms. The Kier molecular flexibility index (Phi) is 4.74. The minimum atomic E-state index is -0.0613. The van der Waals surface area contributed by atoms with Crippen LogP contribution >= 0.6 is 0 Å². The highest BCUT2D eigenvalue weighted by Crippen LogP contribution is 2.13. The van der Waals surface area contributed by atoms with E-state index < -0.39 is 0 Å². The molecule has 0 aromatic heterocycles. The molecule has 2 rings (SSSR count). The molecule has 0 fully saturated rings. The molecule has 0 spiro atoms. The number of rotatable bonds is 5. The van der Waals surface area contributed by atoms with Gasteiger partial charge in [-0.1, -0.05) is 36.4 Å². The van der Waals surface area contributed by atoms with E-state index in [1.54, 1.807) is 0 Å². The van der Waals surface area contributed by atoms with Crippen molar-refractivity contribution in [2.24, 2.45) is 0 Å². The molecule has 0 unspecified atom stereocenters. The largest absolute Gasteiger partial charge is 0.398 e. The summed E-state index contributed by atoms with van der Waals surface area (Å²) in [7, 11) is 0. The number of nitrogens with two attached hydrogens (primary N) is 1. The number of carbonyl (C=O) groups is 1. The maximum Gasteiger partial charge on any atom is 0.238 e. The van der Waals surface area contributed by atoms with Crippen LogP contribution in [-0.2, 0) is 11.3 Å². The second kappa shape index (κ2) is 6.73. The zero-order valence-electron chi connectivity index (χ0n) is 11.5. The van der Waals surface area contributed by atoms with Crippen LogP contribution in [0.5, 0.6) is 0 Å². The molecule has 0 aliphatic heterocycles. The smallest absolute Gasteiger partial charge is 0.238 e. The molecular formula is C16H19N3O. The van der Waals surface area contributed by atoms with E-state index in [4.69, 9.17) is 5.73 Å². The van der Waals surface area contributed by atoms with Crippen LogP contribution in [0.4, 0.5) is 11.4 Å². The SMILES string of the molecule is Cc1ccccc1NC(=O)CNCc1ccccc1N. The Bertz CT molecular complexity index is 596. The summed E-state index contributed by atoms with van der Waals surface area (Å²) >= 11 is 0. The Hall–Kier alpha value is -2.33. The lowest BCUT2D eigenvalue weighted by atomic mass is 10.2. The normalized spacial score (nSPS) is 10.2. The standard InChI is InChI=1S/C16H19N3O/c1-12-6-2-5-9-15(12)19-16(20)11-18-10-13-7-3-4-8-14(13)17/h2-9,18H,10-11,17H2,1H3,(H,19,20). The van der Waals surface area contributed by atoms with Crippen molar-refractivity contribution in [3.63, 3.8) is 0 Å². The second-order valence-corrected chi connectivity index (χ2v) is 4.67. The van der Waals surface area contributed by atoms with Crippen molar-refractivity contribution in [3.05, 3.63) is 59.7 Å². The van der Waals surface area contributed by atoms with Gasteiger partial charge in [-0.15, -0.1) is 0 Å². The molecule has 0 saturated heterocycles. The molecule has 0 radical (unpaired) electrons. The fraction of sp³-hybridized carbons (Fsp3) is 0.188. The van der Waals surface area contributed by atoms with Gasteiger partial charge < -0.3 is 16.4 Å². The molecule has 4 heteroatoms. The quantitative estimate of drug-likeness (QED) is 0.730. The summed E-state index contributed by atoms with van der Waals surface area (Å²) in [5, 5.41) is 5.97. The van der Waals surface area contributed by atoms with Crippen LogP contribution in [0.15, 0.2) is 48.5 Å². The van der Waals surface area contributed by atoms with Gasteiger partial charge in [0.15, 0.2) is 0 Å². The molecule has 0 saturated carbocycles. The van der Waals surface area contributed by atoms with Crippen LogP contribution in [0.1, 0.15) is 11.1 Å². The van der Waals surface area contributed by atoms with Gasteiger partial charge in [-0.2, -0.15) is 0 Å². The lowest BCUT2D eigenvalue weighted by Crippen LogP contribution is -2.28. The lowest BCUT2D eigenvalue weighted by molar-refractivity contribution is -0.115. The summed E-state index contributed by atoms with van der Waals surface area (Å²) in [5.41, 5.74) is 9.47. The predicted octanol–water partition coefficient (Wildman–Crippen LogP) is 2.31. The molecule has 2 aromatic rings. The zero-order valence-corrected chi connectivity index (χ0v) is 11.5. The Labute approximate surface area is 119 Å². The maximum absolute atomic E-state index is 11.8. The van der Waals surface area contributed by atoms with E-state index in [-0.39, 0.29) is 12.5 Å². The van der Waals surface area contributed by atoms with Crippen molar-refractivity contribution >= 4 is 17.3 Å². The first-order chi connectivity index (χ1) is 9.66. The number of nitrogens with one attached hydrogen (secondary N) is 2. The van der Waals surface area contributed by atoms with E-state index in [2.05, 4.69) is 10.6 Å². The molecule has 4 nitrogen and oxygen atoms in total. The number of anilines is 2. The fourth-order valence-corrected chi connectivity index (χ4v) is 1.91. The predicted molar refractivity (Wildman–Crippen MR) is 82.4 cm³/mol. The topological polar surface area (TPSA) is 67.2 Å². The first-order valence-electron chi connectivity index (χ1n) is 6.56. The van der Waals surface area contributed by atoms with Crippen LogP contribution in [0.2, 0.25) is 0 Å². The highest BCUT2D eigenvalue weighted by atomic mass is 16.1.